The van der Waals surface area contributed by atoms with Crippen molar-refractivity contribution in [1.29, 1.82) is 5.26 Å². The highest BCUT2D eigenvalue weighted by Crippen LogP contribution is 2.29. The molecule has 0 atom stereocenters. The van der Waals surface area contributed by atoms with Crippen molar-refractivity contribution in [3.63, 3.8) is 0 Å². The number of allylic oxidation sites excluding steroid dienone is 1. The predicted molar refractivity (Wildman–Crippen MR) is 105 cm³/mol. The molecule has 2 heterocycles. The second-order valence-electron chi connectivity index (χ2n) is 5.78. The quantitative estimate of drug-likeness (QED) is 0.397. The standard InChI is InChI=1S/C22H13FN2OS/c23-18-8-6-15(7-9-18)20-14-27-22(25-20)17(13-24)12-19-10-11-21(26-19)16-4-2-1-3-5-16/h1-12,14H. The van der Waals surface area contributed by atoms with Crippen LogP contribution in [0, 0.1) is 17.1 Å². The van der Waals surface area contributed by atoms with Gasteiger partial charge in [-0.15, -0.1) is 11.3 Å². The van der Waals surface area contributed by atoms with E-state index in [0.29, 0.717) is 22.0 Å². The Kier molecular flexibility index (Phi) is 4.65. The summed E-state index contributed by atoms with van der Waals surface area (Å²) < 4.78 is 18.9. The largest absolute Gasteiger partial charge is 0.457 e. The molecule has 0 spiro atoms. The molecular formula is C22H13FN2OS. The van der Waals surface area contributed by atoms with E-state index >= 15 is 0 Å². The van der Waals surface area contributed by atoms with E-state index in [1.54, 1.807) is 18.2 Å². The van der Waals surface area contributed by atoms with Crippen LogP contribution in [-0.4, -0.2) is 4.98 Å². The molecule has 27 heavy (non-hydrogen) atoms. The molecule has 0 saturated carbocycles. The van der Waals surface area contributed by atoms with Crippen LogP contribution in [0.5, 0.6) is 0 Å². The van der Waals surface area contributed by atoms with E-state index in [1.165, 1.54) is 23.5 Å². The molecule has 0 fully saturated rings. The van der Waals surface area contributed by atoms with Gasteiger partial charge in [0, 0.05) is 22.6 Å². The van der Waals surface area contributed by atoms with Gasteiger partial charge in [-0.05, 0) is 36.4 Å². The molecule has 3 nitrogen and oxygen atoms in total. The van der Waals surface area contributed by atoms with E-state index in [4.69, 9.17) is 4.42 Å². The molecular weight excluding hydrogens is 359 g/mol. The number of nitriles is 1. The molecule has 0 radical (unpaired) electrons. The first-order valence-corrected chi connectivity index (χ1v) is 9.10. The Morgan fingerprint density at radius 1 is 1.00 bits per heavy atom. The van der Waals surface area contributed by atoms with E-state index in [0.717, 1.165) is 16.9 Å². The Morgan fingerprint density at radius 3 is 2.52 bits per heavy atom. The van der Waals surface area contributed by atoms with Gasteiger partial charge in [0.2, 0.25) is 0 Å². The Balaban J connectivity index is 1.62. The minimum Gasteiger partial charge on any atom is -0.457 e. The molecule has 4 aromatic rings. The Morgan fingerprint density at radius 2 is 1.78 bits per heavy atom. The molecule has 5 heteroatoms. The van der Waals surface area contributed by atoms with Gasteiger partial charge in [-0.2, -0.15) is 5.26 Å². The fourth-order valence-corrected chi connectivity index (χ4v) is 3.42. The van der Waals surface area contributed by atoms with Gasteiger partial charge in [-0.25, -0.2) is 9.37 Å². The van der Waals surface area contributed by atoms with Gasteiger partial charge in [0.05, 0.1) is 11.3 Å². The molecule has 0 amide bonds. The smallest absolute Gasteiger partial charge is 0.134 e. The molecule has 0 bridgehead atoms. The number of hydrogen-bond donors (Lipinski definition) is 0. The van der Waals surface area contributed by atoms with Crippen molar-refractivity contribution >= 4 is 23.0 Å². The fraction of sp³-hybridized carbons (Fsp3) is 0. The van der Waals surface area contributed by atoms with Crippen molar-refractivity contribution in [2.24, 2.45) is 0 Å². The van der Waals surface area contributed by atoms with Crippen LogP contribution in [0.4, 0.5) is 4.39 Å². The van der Waals surface area contributed by atoms with Crippen LogP contribution in [0.3, 0.4) is 0 Å². The van der Waals surface area contributed by atoms with Crippen LogP contribution >= 0.6 is 11.3 Å². The lowest BCUT2D eigenvalue weighted by molar-refractivity contribution is 0.572. The van der Waals surface area contributed by atoms with Crippen LogP contribution in [0.15, 0.2) is 76.5 Å². The minimum absolute atomic E-state index is 0.293. The van der Waals surface area contributed by atoms with Gasteiger partial charge in [-0.1, -0.05) is 30.3 Å². The molecule has 2 aromatic carbocycles. The van der Waals surface area contributed by atoms with Gasteiger partial charge in [-0.3, -0.25) is 0 Å². The summed E-state index contributed by atoms with van der Waals surface area (Å²) in [5, 5.41) is 12.0. The lowest BCUT2D eigenvalue weighted by atomic mass is 10.2. The molecule has 0 aliphatic heterocycles. The van der Waals surface area contributed by atoms with Crippen LogP contribution < -0.4 is 0 Å². The molecule has 130 valence electrons. The Bertz CT molecular complexity index is 1140. The third-order valence-corrected chi connectivity index (χ3v) is 4.84. The molecule has 0 N–H and O–H groups in total. The summed E-state index contributed by atoms with van der Waals surface area (Å²) in [6, 6.07) is 21.8. The second kappa shape index (κ2) is 7.40. The first kappa shape index (κ1) is 17.0. The lowest BCUT2D eigenvalue weighted by Crippen LogP contribution is -1.83. The van der Waals surface area contributed by atoms with E-state index in [2.05, 4.69) is 11.1 Å². The Labute approximate surface area is 159 Å². The highest BCUT2D eigenvalue weighted by molar-refractivity contribution is 7.11. The number of nitrogens with zero attached hydrogens (tertiary/aromatic N) is 2. The van der Waals surface area contributed by atoms with Crippen molar-refractivity contribution in [2.45, 2.75) is 0 Å². The first-order valence-electron chi connectivity index (χ1n) is 8.22. The minimum atomic E-state index is -0.293. The number of hydrogen-bond acceptors (Lipinski definition) is 4. The number of thiazole rings is 1. The summed E-state index contributed by atoms with van der Waals surface area (Å²) in [6.07, 6.45) is 1.68. The maximum Gasteiger partial charge on any atom is 0.134 e. The number of benzene rings is 2. The Hall–Kier alpha value is -3.49. The summed E-state index contributed by atoms with van der Waals surface area (Å²) in [5.41, 5.74) is 2.91. The molecule has 0 aliphatic rings. The third-order valence-electron chi connectivity index (χ3n) is 3.97. The zero-order valence-electron chi connectivity index (χ0n) is 14.1. The van der Waals surface area contributed by atoms with E-state index in [1.807, 2.05) is 47.8 Å². The molecule has 0 saturated heterocycles. The third kappa shape index (κ3) is 3.71. The normalized spacial score (nSPS) is 11.3. The van der Waals surface area contributed by atoms with Crippen molar-refractivity contribution in [3.8, 4) is 28.7 Å². The van der Waals surface area contributed by atoms with Gasteiger partial charge in [0.25, 0.3) is 0 Å². The molecule has 4 rings (SSSR count). The van der Waals surface area contributed by atoms with Gasteiger partial charge >= 0.3 is 0 Å². The van der Waals surface area contributed by atoms with E-state index in [9.17, 15) is 9.65 Å². The zero-order chi connectivity index (χ0) is 18.6. The van der Waals surface area contributed by atoms with Gasteiger partial charge < -0.3 is 4.42 Å². The highest BCUT2D eigenvalue weighted by atomic mass is 32.1. The SMILES string of the molecule is N#CC(=Cc1ccc(-c2ccccc2)o1)c1nc(-c2ccc(F)cc2)cs1. The van der Waals surface area contributed by atoms with Crippen LogP contribution in [0.25, 0.3) is 34.2 Å². The average Bonchev–Trinajstić information content (AvgIpc) is 3.37. The summed E-state index contributed by atoms with van der Waals surface area (Å²) in [5.74, 6) is 1.04. The summed E-state index contributed by atoms with van der Waals surface area (Å²) >= 11 is 1.37. The first-order chi connectivity index (χ1) is 13.2. The maximum atomic E-state index is 13.1. The van der Waals surface area contributed by atoms with E-state index in [-0.39, 0.29) is 5.82 Å². The average molecular weight is 372 g/mol. The van der Waals surface area contributed by atoms with Crippen molar-refractivity contribution in [2.75, 3.05) is 0 Å². The predicted octanol–water partition coefficient (Wildman–Crippen LogP) is 6.27. The van der Waals surface area contributed by atoms with Crippen molar-refractivity contribution in [1.82, 2.24) is 4.98 Å². The zero-order valence-corrected chi connectivity index (χ0v) is 14.9. The molecule has 0 aliphatic carbocycles. The number of furan rings is 1. The number of halogens is 1. The molecule has 0 unspecified atom stereocenters. The van der Waals surface area contributed by atoms with Crippen molar-refractivity contribution in [3.05, 3.63) is 88.7 Å². The lowest BCUT2D eigenvalue weighted by Gasteiger charge is -1.96. The number of rotatable bonds is 4. The van der Waals surface area contributed by atoms with Crippen LogP contribution in [0.2, 0.25) is 0 Å². The van der Waals surface area contributed by atoms with Gasteiger partial charge in [0.1, 0.15) is 28.4 Å². The van der Waals surface area contributed by atoms with Crippen LogP contribution in [-0.2, 0) is 0 Å². The second-order valence-corrected chi connectivity index (χ2v) is 6.64. The summed E-state index contributed by atoms with van der Waals surface area (Å²) in [4.78, 5) is 4.51. The van der Waals surface area contributed by atoms with Crippen molar-refractivity contribution < 1.29 is 8.81 Å². The van der Waals surface area contributed by atoms with E-state index < -0.39 is 0 Å². The summed E-state index contributed by atoms with van der Waals surface area (Å²) in [7, 11) is 0. The summed E-state index contributed by atoms with van der Waals surface area (Å²) in [6.45, 7) is 0. The highest BCUT2D eigenvalue weighted by Gasteiger charge is 2.11. The topological polar surface area (TPSA) is 49.8 Å². The fourth-order valence-electron chi connectivity index (χ4n) is 2.62. The van der Waals surface area contributed by atoms with Crippen LogP contribution in [0.1, 0.15) is 10.8 Å². The molecule has 2 aromatic heterocycles. The van der Waals surface area contributed by atoms with Gasteiger partial charge in [0.15, 0.2) is 0 Å². The maximum absolute atomic E-state index is 13.1. The monoisotopic (exact) mass is 372 g/mol. The number of aromatic nitrogens is 1.